The van der Waals surface area contributed by atoms with E-state index in [2.05, 4.69) is 4.90 Å². The molecule has 2 aromatic rings. The monoisotopic (exact) mass is 288 g/mol. The van der Waals surface area contributed by atoms with Crippen molar-refractivity contribution >= 4 is 5.69 Å². The summed E-state index contributed by atoms with van der Waals surface area (Å²) < 4.78 is 18.4. The zero-order valence-corrected chi connectivity index (χ0v) is 12.4. The number of halogens is 1. The van der Waals surface area contributed by atoms with Gasteiger partial charge in [0, 0.05) is 31.4 Å². The van der Waals surface area contributed by atoms with Gasteiger partial charge in [-0.3, -0.25) is 0 Å². The SMILES string of the molecule is COc1cccc(N(C)CCC(N)c2cccc(F)c2)c1. The average Bonchev–Trinajstić information content (AvgIpc) is 2.52. The van der Waals surface area contributed by atoms with Crippen molar-refractivity contribution in [2.24, 2.45) is 5.73 Å². The van der Waals surface area contributed by atoms with Crippen LogP contribution in [0, 0.1) is 5.82 Å². The van der Waals surface area contributed by atoms with Gasteiger partial charge < -0.3 is 15.4 Å². The normalized spacial score (nSPS) is 12.0. The van der Waals surface area contributed by atoms with E-state index in [9.17, 15) is 4.39 Å². The second-order valence-electron chi connectivity index (χ2n) is 5.07. The summed E-state index contributed by atoms with van der Waals surface area (Å²) in [4.78, 5) is 2.11. The lowest BCUT2D eigenvalue weighted by molar-refractivity contribution is 0.415. The van der Waals surface area contributed by atoms with Gasteiger partial charge in [-0.2, -0.15) is 0 Å². The number of hydrogen-bond acceptors (Lipinski definition) is 3. The van der Waals surface area contributed by atoms with Crippen molar-refractivity contribution in [3.8, 4) is 5.75 Å². The molecule has 0 heterocycles. The summed E-state index contributed by atoms with van der Waals surface area (Å²) in [5, 5.41) is 0. The predicted molar refractivity (Wildman–Crippen MR) is 84.2 cm³/mol. The smallest absolute Gasteiger partial charge is 0.123 e. The maximum atomic E-state index is 13.2. The van der Waals surface area contributed by atoms with Crippen LogP contribution in [0.1, 0.15) is 18.0 Å². The molecule has 0 aliphatic rings. The molecule has 0 aromatic heterocycles. The van der Waals surface area contributed by atoms with Crippen LogP contribution in [0.5, 0.6) is 5.75 Å². The molecule has 2 rings (SSSR count). The van der Waals surface area contributed by atoms with Gasteiger partial charge in [-0.1, -0.05) is 18.2 Å². The first kappa shape index (κ1) is 15.3. The van der Waals surface area contributed by atoms with Gasteiger partial charge in [0.2, 0.25) is 0 Å². The molecule has 0 bridgehead atoms. The van der Waals surface area contributed by atoms with Crippen molar-refractivity contribution in [1.82, 2.24) is 0 Å². The van der Waals surface area contributed by atoms with Gasteiger partial charge in [0.25, 0.3) is 0 Å². The number of ether oxygens (including phenoxy) is 1. The first-order valence-corrected chi connectivity index (χ1v) is 6.96. The molecule has 3 nitrogen and oxygen atoms in total. The topological polar surface area (TPSA) is 38.5 Å². The van der Waals surface area contributed by atoms with Gasteiger partial charge in [-0.25, -0.2) is 4.39 Å². The van der Waals surface area contributed by atoms with Crippen LogP contribution in [0.2, 0.25) is 0 Å². The number of nitrogens with zero attached hydrogens (tertiary/aromatic N) is 1. The number of nitrogens with two attached hydrogens (primary N) is 1. The molecular formula is C17H21FN2O. The zero-order chi connectivity index (χ0) is 15.2. The second-order valence-corrected chi connectivity index (χ2v) is 5.07. The molecule has 2 N–H and O–H groups in total. The summed E-state index contributed by atoms with van der Waals surface area (Å²) in [6.45, 7) is 0.783. The van der Waals surface area contributed by atoms with Crippen LogP contribution >= 0.6 is 0 Å². The van der Waals surface area contributed by atoms with Crippen LogP contribution < -0.4 is 15.4 Å². The van der Waals surface area contributed by atoms with Crippen molar-refractivity contribution in [2.75, 3.05) is 25.6 Å². The Hall–Kier alpha value is -2.07. The van der Waals surface area contributed by atoms with E-state index in [0.717, 1.165) is 30.0 Å². The Morgan fingerprint density at radius 2 is 1.95 bits per heavy atom. The Labute approximate surface area is 125 Å². The zero-order valence-electron chi connectivity index (χ0n) is 12.4. The second kappa shape index (κ2) is 7.09. The Bertz CT molecular complexity index is 589. The van der Waals surface area contributed by atoms with Crippen LogP contribution in [-0.4, -0.2) is 20.7 Å². The lowest BCUT2D eigenvalue weighted by Gasteiger charge is -2.22. The van der Waals surface area contributed by atoms with Crippen molar-refractivity contribution in [2.45, 2.75) is 12.5 Å². The minimum atomic E-state index is -0.246. The molecule has 0 radical (unpaired) electrons. The minimum Gasteiger partial charge on any atom is -0.497 e. The first-order chi connectivity index (χ1) is 10.1. The first-order valence-electron chi connectivity index (χ1n) is 6.96. The highest BCUT2D eigenvalue weighted by Gasteiger charge is 2.09. The van der Waals surface area contributed by atoms with Crippen molar-refractivity contribution < 1.29 is 9.13 Å². The summed E-state index contributed by atoms with van der Waals surface area (Å²) in [5.41, 5.74) is 8.03. The van der Waals surface area contributed by atoms with Gasteiger partial charge in [0.1, 0.15) is 11.6 Å². The third-order valence-corrected chi connectivity index (χ3v) is 3.55. The molecule has 2 aromatic carbocycles. The molecule has 0 aliphatic carbocycles. The number of anilines is 1. The number of methoxy groups -OCH3 is 1. The van der Waals surface area contributed by atoms with Gasteiger partial charge in [0.05, 0.1) is 7.11 Å². The summed E-state index contributed by atoms with van der Waals surface area (Å²) >= 11 is 0. The van der Waals surface area contributed by atoms with Gasteiger partial charge in [0.15, 0.2) is 0 Å². The lowest BCUT2D eigenvalue weighted by Crippen LogP contribution is -2.23. The van der Waals surface area contributed by atoms with E-state index < -0.39 is 0 Å². The maximum Gasteiger partial charge on any atom is 0.123 e. The highest BCUT2D eigenvalue weighted by Crippen LogP contribution is 2.21. The van der Waals surface area contributed by atoms with E-state index in [1.54, 1.807) is 13.2 Å². The molecule has 1 atom stereocenters. The van der Waals surface area contributed by atoms with Crippen LogP contribution in [0.4, 0.5) is 10.1 Å². The van der Waals surface area contributed by atoms with Gasteiger partial charge in [-0.05, 0) is 36.2 Å². The van der Waals surface area contributed by atoms with E-state index in [4.69, 9.17) is 10.5 Å². The van der Waals surface area contributed by atoms with Gasteiger partial charge in [-0.15, -0.1) is 0 Å². The van der Waals surface area contributed by atoms with E-state index in [1.807, 2.05) is 37.4 Å². The van der Waals surface area contributed by atoms with Crippen LogP contribution in [0.25, 0.3) is 0 Å². The summed E-state index contributed by atoms with van der Waals surface area (Å²) in [6, 6.07) is 14.2. The third-order valence-electron chi connectivity index (χ3n) is 3.55. The molecule has 112 valence electrons. The molecule has 0 amide bonds. The predicted octanol–water partition coefficient (Wildman–Crippen LogP) is 3.36. The number of benzene rings is 2. The van der Waals surface area contributed by atoms with Crippen molar-refractivity contribution in [1.29, 1.82) is 0 Å². The van der Waals surface area contributed by atoms with E-state index in [0.29, 0.717) is 0 Å². The highest BCUT2D eigenvalue weighted by atomic mass is 19.1. The average molecular weight is 288 g/mol. The molecule has 0 fully saturated rings. The molecule has 0 saturated carbocycles. The Morgan fingerprint density at radius 1 is 1.19 bits per heavy atom. The summed E-state index contributed by atoms with van der Waals surface area (Å²) in [5.74, 6) is 0.581. The molecule has 0 aliphatic heterocycles. The summed E-state index contributed by atoms with van der Waals surface area (Å²) in [6.07, 6.45) is 0.747. The van der Waals surface area contributed by atoms with E-state index in [1.165, 1.54) is 12.1 Å². The third kappa shape index (κ3) is 4.20. The van der Waals surface area contributed by atoms with Crippen LogP contribution in [0.3, 0.4) is 0 Å². The van der Waals surface area contributed by atoms with Crippen molar-refractivity contribution in [3.05, 3.63) is 59.9 Å². The Kier molecular flexibility index (Phi) is 5.17. The minimum absolute atomic E-state index is 0.172. The molecular weight excluding hydrogens is 267 g/mol. The quantitative estimate of drug-likeness (QED) is 0.886. The maximum absolute atomic E-state index is 13.2. The summed E-state index contributed by atoms with van der Waals surface area (Å²) in [7, 11) is 3.66. The molecule has 4 heteroatoms. The Morgan fingerprint density at radius 3 is 2.67 bits per heavy atom. The van der Waals surface area contributed by atoms with E-state index >= 15 is 0 Å². The largest absolute Gasteiger partial charge is 0.497 e. The number of rotatable bonds is 6. The standard InChI is InChI=1S/C17H21FN2O/c1-20(15-7-4-8-16(12-15)21-2)10-9-17(19)13-5-3-6-14(18)11-13/h3-8,11-12,17H,9-10,19H2,1-2H3. The molecule has 0 saturated heterocycles. The molecule has 0 spiro atoms. The molecule has 1 unspecified atom stereocenters. The van der Waals surface area contributed by atoms with Crippen molar-refractivity contribution in [3.63, 3.8) is 0 Å². The van der Waals surface area contributed by atoms with Gasteiger partial charge >= 0.3 is 0 Å². The van der Waals surface area contributed by atoms with Crippen LogP contribution in [-0.2, 0) is 0 Å². The number of hydrogen-bond donors (Lipinski definition) is 1. The fourth-order valence-electron chi connectivity index (χ4n) is 2.21. The van der Waals surface area contributed by atoms with Crippen LogP contribution in [0.15, 0.2) is 48.5 Å². The van der Waals surface area contributed by atoms with E-state index in [-0.39, 0.29) is 11.9 Å². The Balaban J connectivity index is 1.95. The fourth-order valence-corrected chi connectivity index (χ4v) is 2.21. The fraction of sp³-hybridized carbons (Fsp3) is 0.294. The highest BCUT2D eigenvalue weighted by molar-refractivity contribution is 5.50. The lowest BCUT2D eigenvalue weighted by atomic mass is 10.0. The molecule has 21 heavy (non-hydrogen) atoms.